The average molecular weight is 976 g/mol. The van der Waals surface area contributed by atoms with E-state index in [1.165, 1.54) is 4.90 Å². The number of carbonyl (C=O) groups is 3. The zero-order chi connectivity index (χ0) is 48.3. The maximum atomic E-state index is 14.2. The van der Waals surface area contributed by atoms with Crippen molar-refractivity contribution < 1.29 is 23.9 Å². The van der Waals surface area contributed by atoms with E-state index < -0.39 is 23.4 Å². The smallest absolute Gasteiger partial charge is 0.246 e. The van der Waals surface area contributed by atoms with Crippen LogP contribution >= 0.6 is 34.3 Å². The monoisotopic (exact) mass is 974 g/mol. The van der Waals surface area contributed by atoms with Crippen LogP contribution in [0.4, 0.5) is 0 Å². The lowest BCUT2D eigenvalue weighted by molar-refractivity contribution is -0.153. The van der Waals surface area contributed by atoms with Gasteiger partial charge >= 0.3 is 0 Å². The summed E-state index contributed by atoms with van der Waals surface area (Å²) < 4.78 is 15.3. The molecule has 2 N–H and O–H groups in total. The summed E-state index contributed by atoms with van der Waals surface area (Å²) >= 11 is 9.42. The molecule has 4 aromatic heterocycles. The zero-order valence-corrected chi connectivity index (χ0v) is 41.8. The highest BCUT2D eigenvalue weighted by Gasteiger charge is 2.41. The summed E-state index contributed by atoms with van der Waals surface area (Å²) in [6.07, 6.45) is 4.21. The van der Waals surface area contributed by atoms with Crippen molar-refractivity contribution in [3.05, 3.63) is 121 Å². The first-order chi connectivity index (χ1) is 32.6. The van der Waals surface area contributed by atoms with Crippen molar-refractivity contribution in [2.75, 3.05) is 33.0 Å². The summed E-state index contributed by atoms with van der Waals surface area (Å²) in [4.78, 5) is 54.2. The van der Waals surface area contributed by atoms with E-state index in [9.17, 15) is 14.4 Å². The van der Waals surface area contributed by atoms with Crippen molar-refractivity contribution in [3.63, 3.8) is 0 Å². The van der Waals surface area contributed by atoms with Gasteiger partial charge in [-0.2, -0.15) is 5.10 Å². The summed E-state index contributed by atoms with van der Waals surface area (Å²) in [6.45, 7) is 16.7. The molecule has 2 aliphatic rings. The van der Waals surface area contributed by atoms with Gasteiger partial charge < -0.3 is 25.0 Å². The van der Waals surface area contributed by atoms with Crippen molar-refractivity contribution in [3.8, 4) is 27.3 Å². The van der Waals surface area contributed by atoms with Gasteiger partial charge in [-0.25, -0.2) is 4.98 Å². The Morgan fingerprint density at radius 3 is 2.49 bits per heavy atom. The third-order valence-electron chi connectivity index (χ3n) is 12.0. The number of hydrogen-bond acceptors (Lipinski definition) is 12. The summed E-state index contributed by atoms with van der Waals surface area (Å²) in [5.41, 5.74) is 8.73. The number of aryl methyl sites for hydroxylation is 3. The Bertz CT molecular complexity index is 2900. The predicted molar refractivity (Wildman–Crippen MR) is 264 cm³/mol. The molecule has 1 saturated heterocycles. The fourth-order valence-corrected chi connectivity index (χ4v) is 10.4. The molecule has 354 valence electrons. The van der Waals surface area contributed by atoms with Crippen LogP contribution in [0.3, 0.4) is 0 Å². The molecule has 4 atom stereocenters. The molecule has 0 radical (unpaired) electrons. The number of aromatic nitrogens is 6. The highest BCUT2D eigenvalue weighted by atomic mass is 35.5. The zero-order valence-electron chi connectivity index (χ0n) is 39.4. The summed E-state index contributed by atoms with van der Waals surface area (Å²) in [5, 5.41) is 21.0. The number of aliphatic imine (C=N–C) groups is 1. The van der Waals surface area contributed by atoms with Crippen LogP contribution in [0.25, 0.3) is 15.4 Å². The summed E-state index contributed by atoms with van der Waals surface area (Å²) in [6, 6.07) is 13.4. The Morgan fingerprint density at radius 1 is 1.01 bits per heavy atom. The van der Waals surface area contributed by atoms with E-state index in [4.69, 9.17) is 26.1 Å². The molecule has 6 heterocycles. The summed E-state index contributed by atoms with van der Waals surface area (Å²) in [7, 11) is 0. The van der Waals surface area contributed by atoms with E-state index in [0.29, 0.717) is 24.6 Å². The number of benzene rings is 2. The van der Waals surface area contributed by atoms with E-state index in [-0.39, 0.29) is 50.3 Å². The Kier molecular flexibility index (Phi) is 14.7. The molecule has 0 aliphatic carbocycles. The number of thiazole rings is 1. The molecule has 18 heteroatoms. The SMILES string of the molecule is Cc1ncsc1-c1ccc([C@H](C)NC(=O)[C@@H]2COCCN2C(=O)[C@@H](NC(=O)COCCCn2cc(C#Cc3sc4c(c3C)C(c3ccc(Cl)cc3)=N[C@@H](C)c3nnc(C)n3-4)cn2)C(C)(C)C)cc1. The second kappa shape index (κ2) is 20.7. The third kappa shape index (κ3) is 10.6. The highest BCUT2D eigenvalue weighted by Crippen LogP contribution is 2.39. The van der Waals surface area contributed by atoms with Crippen LogP contribution in [0, 0.1) is 38.0 Å². The van der Waals surface area contributed by atoms with Gasteiger partial charge in [0.2, 0.25) is 17.7 Å². The Labute approximate surface area is 409 Å². The van der Waals surface area contributed by atoms with Crippen molar-refractivity contribution >= 4 is 57.7 Å². The molecule has 2 aliphatic heterocycles. The Hall–Kier alpha value is -6.03. The molecule has 1 fully saturated rings. The second-order valence-electron chi connectivity index (χ2n) is 18.1. The molecule has 15 nitrogen and oxygen atoms in total. The number of nitrogens with zero attached hydrogens (tertiary/aromatic N) is 8. The Balaban J connectivity index is 0.841. The maximum Gasteiger partial charge on any atom is 0.246 e. The van der Waals surface area contributed by atoms with Gasteiger partial charge in [-0.3, -0.25) is 28.6 Å². The molecule has 8 rings (SSSR count). The van der Waals surface area contributed by atoms with Gasteiger partial charge in [0.15, 0.2) is 5.82 Å². The number of thiophene rings is 1. The van der Waals surface area contributed by atoms with E-state index in [1.807, 2.05) is 109 Å². The van der Waals surface area contributed by atoms with Gasteiger partial charge in [-0.1, -0.05) is 80.6 Å². The van der Waals surface area contributed by atoms with Crippen LogP contribution in [-0.4, -0.2) is 103 Å². The summed E-state index contributed by atoms with van der Waals surface area (Å²) in [5.74, 6) is 7.14. The fourth-order valence-electron chi connectivity index (χ4n) is 8.27. The maximum absolute atomic E-state index is 14.2. The van der Waals surface area contributed by atoms with Gasteiger partial charge in [0.05, 0.1) is 57.7 Å². The fraction of sp³-hybridized carbons (Fsp3) is 0.400. The van der Waals surface area contributed by atoms with E-state index in [0.717, 1.165) is 71.2 Å². The molecule has 0 unspecified atom stereocenters. The van der Waals surface area contributed by atoms with Gasteiger partial charge in [0, 0.05) is 42.0 Å². The van der Waals surface area contributed by atoms with E-state index in [2.05, 4.69) is 54.2 Å². The van der Waals surface area contributed by atoms with E-state index in [1.54, 1.807) is 33.6 Å². The predicted octanol–water partition coefficient (Wildman–Crippen LogP) is 7.58. The number of morpholine rings is 1. The van der Waals surface area contributed by atoms with Crippen LogP contribution in [0.2, 0.25) is 5.02 Å². The minimum Gasteiger partial charge on any atom is -0.377 e. The standard InChI is InChI=1S/C50H55ClN10O5S2/c1-29-40(68-49-42(29)43(36-15-17-38(51)18-16-36)54-32(4)46-58-57-33(5)61(46)49)19-10-34-24-53-59(25-34)20-9-22-65-27-41(62)56-45(50(6,7)8)48(64)60-21-23-66-26-39(60)47(63)55-30(2)35-11-13-37(14-12-35)44-31(3)52-28-67-44/h11-18,24-25,28,30,32,39,45H,9,20-23,26-27H2,1-8H3,(H,55,63)(H,56,62)/t30-,32-,39-,45+/m0/s1. The van der Waals surface area contributed by atoms with Gasteiger partial charge in [-0.05, 0) is 75.3 Å². The van der Waals surface area contributed by atoms with E-state index >= 15 is 0 Å². The molecular weight excluding hydrogens is 920 g/mol. The lowest BCUT2D eigenvalue weighted by atomic mass is 9.85. The highest BCUT2D eigenvalue weighted by molar-refractivity contribution is 7.15. The number of ether oxygens (including phenoxy) is 2. The number of halogens is 1. The normalized spacial score (nSPS) is 16.7. The molecule has 68 heavy (non-hydrogen) atoms. The van der Waals surface area contributed by atoms with Crippen molar-refractivity contribution in [2.45, 2.75) is 92.5 Å². The lowest BCUT2D eigenvalue weighted by Gasteiger charge is -2.40. The van der Waals surface area contributed by atoms with Crippen molar-refractivity contribution in [2.24, 2.45) is 10.4 Å². The number of amides is 3. The van der Waals surface area contributed by atoms with Gasteiger partial charge in [0.25, 0.3) is 0 Å². The molecule has 0 saturated carbocycles. The number of rotatable bonds is 13. The number of nitrogens with one attached hydrogen (secondary N) is 2. The van der Waals surface area contributed by atoms with Gasteiger partial charge in [0.1, 0.15) is 35.6 Å². The van der Waals surface area contributed by atoms with Crippen LogP contribution < -0.4 is 10.6 Å². The van der Waals surface area contributed by atoms with Crippen LogP contribution in [0.5, 0.6) is 0 Å². The second-order valence-corrected chi connectivity index (χ2v) is 20.4. The van der Waals surface area contributed by atoms with Gasteiger partial charge in [-0.15, -0.1) is 32.9 Å². The minimum absolute atomic E-state index is 0.0510. The number of carbonyl (C=O) groups excluding carboxylic acids is 3. The van der Waals surface area contributed by atoms with Crippen LogP contribution in [-0.2, 0) is 30.4 Å². The first kappa shape index (κ1) is 48.4. The number of hydrogen-bond donors (Lipinski definition) is 2. The number of fused-ring (bicyclic) bond motifs is 3. The average Bonchev–Trinajstić information content (AvgIpc) is 4.11. The molecule has 2 aromatic carbocycles. The lowest BCUT2D eigenvalue weighted by Crippen LogP contribution is -2.62. The van der Waals surface area contributed by atoms with Crippen molar-refractivity contribution in [1.29, 1.82) is 0 Å². The van der Waals surface area contributed by atoms with Crippen LogP contribution in [0.1, 0.15) is 103 Å². The van der Waals surface area contributed by atoms with Crippen molar-refractivity contribution in [1.82, 2.24) is 45.1 Å². The minimum atomic E-state index is -0.907. The first-order valence-electron chi connectivity index (χ1n) is 22.6. The molecular formula is C50H55ClN10O5S2. The third-order valence-corrected chi connectivity index (χ3v) is 14.4. The molecule has 0 bridgehead atoms. The topological polar surface area (TPSA) is 171 Å². The quantitative estimate of drug-likeness (QED) is 0.0875. The van der Waals surface area contributed by atoms with Crippen LogP contribution in [0.15, 0.2) is 71.4 Å². The largest absolute Gasteiger partial charge is 0.377 e. The first-order valence-corrected chi connectivity index (χ1v) is 24.6. The molecule has 6 aromatic rings. The molecule has 0 spiro atoms. The Morgan fingerprint density at radius 2 is 1.76 bits per heavy atom. The molecule has 3 amide bonds.